The lowest BCUT2D eigenvalue weighted by Crippen LogP contribution is -2.41. The van der Waals surface area contributed by atoms with Gasteiger partial charge in [0.05, 0.1) is 12.5 Å². The first-order valence-corrected chi connectivity index (χ1v) is 9.44. The maximum absolute atomic E-state index is 12.7. The predicted molar refractivity (Wildman–Crippen MR) is 107 cm³/mol. The Kier molecular flexibility index (Phi) is 6.28. The number of nitrogens with zero attached hydrogens (tertiary/aromatic N) is 2. The molecule has 1 fully saturated rings. The number of benzene rings is 2. The third-order valence-electron chi connectivity index (χ3n) is 4.91. The van der Waals surface area contributed by atoms with Gasteiger partial charge in [0.1, 0.15) is 11.6 Å². The van der Waals surface area contributed by atoms with Crippen molar-refractivity contribution in [1.29, 1.82) is 5.26 Å². The van der Waals surface area contributed by atoms with Gasteiger partial charge < -0.3 is 15.0 Å². The Hall–Kier alpha value is -3.33. The normalized spacial score (nSPS) is 15.1. The van der Waals surface area contributed by atoms with Crippen LogP contribution in [0.25, 0.3) is 10.8 Å². The van der Waals surface area contributed by atoms with Crippen molar-refractivity contribution in [3.63, 3.8) is 0 Å². The molecule has 1 N–H and O–H groups in total. The van der Waals surface area contributed by atoms with E-state index in [0.717, 1.165) is 16.5 Å². The molecule has 6 heteroatoms. The van der Waals surface area contributed by atoms with Crippen LogP contribution in [0.1, 0.15) is 19.8 Å². The smallest absolute Gasteiger partial charge is 0.309 e. The van der Waals surface area contributed by atoms with Crippen LogP contribution in [0.3, 0.4) is 0 Å². The van der Waals surface area contributed by atoms with E-state index in [-0.39, 0.29) is 23.4 Å². The van der Waals surface area contributed by atoms with Gasteiger partial charge in [-0.05, 0) is 31.2 Å². The van der Waals surface area contributed by atoms with Gasteiger partial charge in [-0.2, -0.15) is 5.26 Å². The molecule has 2 aromatic carbocycles. The highest BCUT2D eigenvalue weighted by Crippen LogP contribution is 2.24. The number of nitriles is 1. The molecule has 0 bridgehead atoms. The fourth-order valence-electron chi connectivity index (χ4n) is 3.39. The molecular formula is C22H23N3O3. The summed E-state index contributed by atoms with van der Waals surface area (Å²) in [5, 5.41) is 14.6. The van der Waals surface area contributed by atoms with Crippen LogP contribution < -0.4 is 5.32 Å². The number of nitrogens with one attached hydrogen (secondary N) is 1. The fraction of sp³-hybridized carbons (Fsp3) is 0.318. The average Bonchev–Trinajstić information content (AvgIpc) is 2.74. The number of esters is 1. The number of likely N-dealkylation sites (tertiary alicyclic amines) is 1. The van der Waals surface area contributed by atoms with E-state index in [9.17, 15) is 14.9 Å². The van der Waals surface area contributed by atoms with E-state index in [4.69, 9.17) is 4.74 Å². The Morgan fingerprint density at radius 1 is 1.21 bits per heavy atom. The highest BCUT2D eigenvalue weighted by molar-refractivity contribution is 5.99. The van der Waals surface area contributed by atoms with Gasteiger partial charge in [0, 0.05) is 30.4 Å². The second kappa shape index (κ2) is 9.05. The first-order chi connectivity index (χ1) is 13.6. The minimum atomic E-state index is -0.322. The number of piperidine rings is 1. The number of ether oxygens (including phenoxy) is 1. The molecule has 28 heavy (non-hydrogen) atoms. The highest BCUT2D eigenvalue weighted by Gasteiger charge is 2.29. The molecular weight excluding hydrogens is 354 g/mol. The Labute approximate surface area is 164 Å². The van der Waals surface area contributed by atoms with Crippen LogP contribution in [-0.4, -0.2) is 36.5 Å². The molecule has 6 nitrogen and oxygen atoms in total. The van der Waals surface area contributed by atoms with E-state index in [2.05, 4.69) is 5.32 Å². The monoisotopic (exact) mass is 377 g/mol. The number of anilines is 1. The highest BCUT2D eigenvalue weighted by atomic mass is 16.5. The molecule has 0 aliphatic carbocycles. The quantitative estimate of drug-likeness (QED) is 0.490. The molecule has 1 saturated heterocycles. The Morgan fingerprint density at radius 2 is 1.93 bits per heavy atom. The fourth-order valence-corrected chi connectivity index (χ4v) is 3.39. The minimum absolute atomic E-state index is 0.0440. The standard InChI is InChI=1S/C22H23N3O3/c1-2-28-22(27)17-10-12-25(13-11-17)21(26)18(14-23)15-24-20-9-5-7-16-6-3-4-8-19(16)20/h3-9,15,17,24H,2,10-13H2,1H3/b18-15-. The SMILES string of the molecule is CCOC(=O)C1CCN(C(=O)/C(C#N)=C\Nc2cccc3ccccc23)CC1. The van der Waals surface area contributed by atoms with Crippen molar-refractivity contribution in [3.05, 3.63) is 54.2 Å². The lowest BCUT2D eigenvalue weighted by Gasteiger charge is -2.30. The van der Waals surface area contributed by atoms with Crippen LogP contribution in [0.5, 0.6) is 0 Å². The average molecular weight is 377 g/mol. The number of hydrogen-bond acceptors (Lipinski definition) is 5. The summed E-state index contributed by atoms with van der Waals surface area (Å²) in [6.07, 6.45) is 2.57. The van der Waals surface area contributed by atoms with Crippen molar-refractivity contribution < 1.29 is 14.3 Å². The summed E-state index contributed by atoms with van der Waals surface area (Å²) in [5.41, 5.74) is 0.877. The molecule has 144 valence electrons. The molecule has 0 aromatic heterocycles. The first-order valence-electron chi connectivity index (χ1n) is 9.44. The van der Waals surface area contributed by atoms with Gasteiger partial charge in [-0.3, -0.25) is 9.59 Å². The van der Waals surface area contributed by atoms with Gasteiger partial charge in [0.25, 0.3) is 5.91 Å². The Morgan fingerprint density at radius 3 is 2.64 bits per heavy atom. The zero-order valence-corrected chi connectivity index (χ0v) is 15.9. The summed E-state index contributed by atoms with van der Waals surface area (Å²) in [5.74, 6) is -0.701. The Bertz CT molecular complexity index is 932. The molecule has 0 saturated carbocycles. The van der Waals surface area contributed by atoms with Crippen LogP contribution in [-0.2, 0) is 14.3 Å². The van der Waals surface area contributed by atoms with Gasteiger partial charge in [0.15, 0.2) is 0 Å². The Balaban J connectivity index is 1.67. The number of fused-ring (bicyclic) bond motifs is 1. The maximum atomic E-state index is 12.7. The summed E-state index contributed by atoms with van der Waals surface area (Å²) in [6, 6.07) is 15.7. The molecule has 0 radical (unpaired) electrons. The third kappa shape index (κ3) is 4.32. The molecule has 0 spiro atoms. The second-order valence-electron chi connectivity index (χ2n) is 6.66. The molecule has 3 rings (SSSR count). The molecule has 1 heterocycles. The first kappa shape index (κ1) is 19.4. The second-order valence-corrected chi connectivity index (χ2v) is 6.66. The van der Waals surface area contributed by atoms with Crippen molar-refractivity contribution in [2.24, 2.45) is 5.92 Å². The van der Waals surface area contributed by atoms with Crippen LogP contribution in [0.4, 0.5) is 5.69 Å². The zero-order valence-electron chi connectivity index (χ0n) is 15.9. The number of amides is 1. The van der Waals surface area contributed by atoms with Gasteiger partial charge in [-0.15, -0.1) is 0 Å². The van der Waals surface area contributed by atoms with Crippen LogP contribution in [0, 0.1) is 17.2 Å². The van der Waals surface area contributed by atoms with E-state index in [1.54, 1.807) is 11.8 Å². The number of carbonyl (C=O) groups excluding carboxylic acids is 2. The summed E-state index contributed by atoms with van der Waals surface area (Å²) >= 11 is 0. The summed E-state index contributed by atoms with van der Waals surface area (Å²) in [6.45, 7) is 3.02. The van der Waals surface area contributed by atoms with Gasteiger partial charge in [0.2, 0.25) is 0 Å². The number of hydrogen-bond donors (Lipinski definition) is 1. The molecule has 1 aliphatic heterocycles. The molecule has 0 atom stereocenters. The molecule has 1 amide bonds. The lowest BCUT2D eigenvalue weighted by molar-refractivity contribution is -0.150. The van der Waals surface area contributed by atoms with Gasteiger partial charge in [-0.25, -0.2) is 0 Å². The van der Waals surface area contributed by atoms with Gasteiger partial charge in [-0.1, -0.05) is 36.4 Å². The topological polar surface area (TPSA) is 82.4 Å². The number of rotatable bonds is 5. The van der Waals surface area contributed by atoms with Crippen molar-refractivity contribution >= 4 is 28.3 Å². The van der Waals surface area contributed by atoms with Crippen LogP contribution >= 0.6 is 0 Å². The van der Waals surface area contributed by atoms with E-state index in [1.807, 2.05) is 48.5 Å². The van der Waals surface area contributed by atoms with Crippen LogP contribution in [0.15, 0.2) is 54.2 Å². The minimum Gasteiger partial charge on any atom is -0.466 e. The lowest BCUT2D eigenvalue weighted by atomic mass is 9.96. The third-order valence-corrected chi connectivity index (χ3v) is 4.91. The largest absolute Gasteiger partial charge is 0.466 e. The summed E-state index contributed by atoms with van der Waals surface area (Å²) in [7, 11) is 0. The summed E-state index contributed by atoms with van der Waals surface area (Å²) in [4.78, 5) is 26.1. The van der Waals surface area contributed by atoms with E-state index in [1.165, 1.54) is 6.20 Å². The number of carbonyl (C=O) groups is 2. The van der Waals surface area contributed by atoms with E-state index >= 15 is 0 Å². The molecule has 1 aliphatic rings. The van der Waals surface area contributed by atoms with Crippen molar-refractivity contribution in [2.75, 3.05) is 25.0 Å². The molecule has 2 aromatic rings. The van der Waals surface area contributed by atoms with Crippen LogP contribution in [0.2, 0.25) is 0 Å². The molecule has 0 unspecified atom stereocenters. The van der Waals surface area contributed by atoms with Crippen molar-refractivity contribution in [3.8, 4) is 6.07 Å². The summed E-state index contributed by atoms with van der Waals surface area (Å²) < 4.78 is 5.05. The van der Waals surface area contributed by atoms with E-state index in [0.29, 0.717) is 32.5 Å². The van der Waals surface area contributed by atoms with Crippen molar-refractivity contribution in [2.45, 2.75) is 19.8 Å². The maximum Gasteiger partial charge on any atom is 0.309 e. The van der Waals surface area contributed by atoms with Crippen molar-refractivity contribution in [1.82, 2.24) is 4.90 Å². The van der Waals surface area contributed by atoms with E-state index < -0.39 is 0 Å². The van der Waals surface area contributed by atoms with Gasteiger partial charge >= 0.3 is 5.97 Å². The predicted octanol–water partition coefficient (Wildman–Crippen LogP) is 3.46. The zero-order chi connectivity index (χ0) is 19.9.